The van der Waals surface area contributed by atoms with Crippen molar-refractivity contribution in [3.63, 3.8) is 0 Å². The number of carbonyl (C=O) groups is 1. The van der Waals surface area contributed by atoms with E-state index in [4.69, 9.17) is 4.74 Å². The maximum atomic E-state index is 12.0. The van der Waals surface area contributed by atoms with Crippen molar-refractivity contribution in [1.82, 2.24) is 10.3 Å². The van der Waals surface area contributed by atoms with E-state index < -0.39 is 0 Å². The van der Waals surface area contributed by atoms with Crippen molar-refractivity contribution < 1.29 is 9.53 Å². The Labute approximate surface area is 145 Å². The predicted octanol–water partition coefficient (Wildman–Crippen LogP) is 3.79. The summed E-state index contributed by atoms with van der Waals surface area (Å²) in [5.74, 6) is 0.778. The van der Waals surface area contributed by atoms with Crippen molar-refractivity contribution in [2.24, 2.45) is 0 Å². The monoisotopic (exact) mass is 338 g/mol. The van der Waals surface area contributed by atoms with Crippen molar-refractivity contribution >= 4 is 17.2 Å². The molecule has 0 aliphatic heterocycles. The third-order valence-corrected chi connectivity index (χ3v) is 4.53. The van der Waals surface area contributed by atoms with Crippen LogP contribution in [0, 0.1) is 0 Å². The van der Waals surface area contributed by atoms with E-state index in [1.165, 1.54) is 0 Å². The number of carbonyl (C=O) groups excluding carboxylic acids is 1. The van der Waals surface area contributed by atoms with Crippen LogP contribution in [0.5, 0.6) is 5.75 Å². The van der Waals surface area contributed by atoms with Crippen LogP contribution in [0.2, 0.25) is 0 Å². The molecule has 3 aromatic rings. The molecule has 0 aliphatic carbocycles. The first-order chi connectivity index (χ1) is 11.8. The molecule has 4 nitrogen and oxygen atoms in total. The Balaban J connectivity index is 1.55. The fourth-order valence-electron chi connectivity index (χ4n) is 2.28. The van der Waals surface area contributed by atoms with Gasteiger partial charge in [-0.3, -0.25) is 4.79 Å². The predicted molar refractivity (Wildman–Crippen MR) is 96.6 cm³/mol. The Morgan fingerprint density at radius 2 is 1.88 bits per heavy atom. The molecule has 2 aromatic carbocycles. The third kappa shape index (κ3) is 4.00. The van der Waals surface area contributed by atoms with Gasteiger partial charge in [0.15, 0.2) is 0 Å². The van der Waals surface area contributed by atoms with Crippen LogP contribution in [0.25, 0.3) is 10.6 Å². The number of hydrogen-bond acceptors (Lipinski definition) is 4. The van der Waals surface area contributed by atoms with Crippen LogP contribution >= 0.6 is 11.3 Å². The SMILES string of the molecule is COc1ccc(-c2nc(CCNC(=O)c3ccccc3)cs2)cc1. The summed E-state index contributed by atoms with van der Waals surface area (Å²) in [7, 11) is 1.65. The largest absolute Gasteiger partial charge is 0.497 e. The molecule has 0 bridgehead atoms. The Hall–Kier alpha value is -2.66. The van der Waals surface area contributed by atoms with E-state index in [0.717, 1.165) is 22.0 Å². The zero-order valence-corrected chi connectivity index (χ0v) is 14.2. The van der Waals surface area contributed by atoms with E-state index in [1.54, 1.807) is 30.6 Å². The number of rotatable bonds is 6. The van der Waals surface area contributed by atoms with Crippen LogP contribution in [0.4, 0.5) is 0 Å². The second-order valence-corrected chi connectivity index (χ2v) is 6.10. The van der Waals surface area contributed by atoms with Crippen LogP contribution in [0.3, 0.4) is 0 Å². The Bertz CT molecular complexity index is 798. The highest BCUT2D eigenvalue weighted by atomic mass is 32.1. The smallest absolute Gasteiger partial charge is 0.251 e. The first-order valence-electron chi connectivity index (χ1n) is 7.68. The summed E-state index contributed by atoms with van der Waals surface area (Å²) in [5.41, 5.74) is 2.73. The number of methoxy groups -OCH3 is 1. The molecule has 0 saturated heterocycles. The van der Waals surface area contributed by atoms with Gasteiger partial charge in [0, 0.05) is 29.5 Å². The Kier molecular flexibility index (Phi) is 5.23. The zero-order chi connectivity index (χ0) is 16.8. The van der Waals surface area contributed by atoms with Crippen molar-refractivity contribution in [3.8, 4) is 16.3 Å². The molecule has 0 aliphatic rings. The lowest BCUT2D eigenvalue weighted by atomic mass is 10.2. The number of amides is 1. The van der Waals surface area contributed by atoms with Crippen LogP contribution in [-0.4, -0.2) is 24.5 Å². The Morgan fingerprint density at radius 3 is 2.58 bits per heavy atom. The number of benzene rings is 2. The van der Waals surface area contributed by atoms with Crippen molar-refractivity contribution in [2.75, 3.05) is 13.7 Å². The normalized spacial score (nSPS) is 10.4. The highest BCUT2D eigenvalue weighted by Gasteiger charge is 2.07. The molecule has 0 fully saturated rings. The average Bonchev–Trinajstić information content (AvgIpc) is 3.11. The molecule has 0 spiro atoms. The quantitative estimate of drug-likeness (QED) is 0.744. The van der Waals surface area contributed by atoms with Crippen molar-refractivity contribution in [2.45, 2.75) is 6.42 Å². The van der Waals surface area contributed by atoms with Crippen LogP contribution in [-0.2, 0) is 6.42 Å². The minimum Gasteiger partial charge on any atom is -0.497 e. The number of thiazole rings is 1. The molecule has 24 heavy (non-hydrogen) atoms. The van der Waals surface area contributed by atoms with E-state index >= 15 is 0 Å². The molecule has 0 saturated carbocycles. The van der Waals surface area contributed by atoms with Crippen molar-refractivity contribution in [1.29, 1.82) is 0 Å². The van der Waals surface area contributed by atoms with Gasteiger partial charge in [-0.1, -0.05) is 18.2 Å². The number of nitrogens with one attached hydrogen (secondary N) is 1. The van der Waals surface area contributed by atoms with E-state index in [-0.39, 0.29) is 5.91 Å². The first kappa shape index (κ1) is 16.2. The second-order valence-electron chi connectivity index (χ2n) is 5.24. The van der Waals surface area contributed by atoms with Gasteiger partial charge in [0.1, 0.15) is 10.8 Å². The maximum absolute atomic E-state index is 12.0. The van der Waals surface area contributed by atoms with Gasteiger partial charge in [-0.2, -0.15) is 0 Å². The molecule has 1 heterocycles. The van der Waals surface area contributed by atoms with Crippen molar-refractivity contribution in [3.05, 3.63) is 71.2 Å². The van der Waals surface area contributed by atoms with Gasteiger partial charge in [0.2, 0.25) is 0 Å². The minimum absolute atomic E-state index is 0.0544. The number of aromatic nitrogens is 1. The fourth-order valence-corrected chi connectivity index (χ4v) is 3.14. The van der Waals surface area contributed by atoms with Crippen LogP contribution in [0.15, 0.2) is 60.0 Å². The molecule has 3 rings (SSSR count). The minimum atomic E-state index is -0.0544. The lowest BCUT2D eigenvalue weighted by molar-refractivity contribution is 0.0954. The van der Waals surface area contributed by atoms with Gasteiger partial charge in [-0.15, -0.1) is 11.3 Å². The van der Waals surface area contributed by atoms with E-state index in [0.29, 0.717) is 18.5 Å². The fraction of sp³-hybridized carbons (Fsp3) is 0.158. The number of hydrogen-bond donors (Lipinski definition) is 1. The molecule has 0 atom stereocenters. The summed E-state index contributed by atoms with van der Waals surface area (Å²) in [4.78, 5) is 16.6. The van der Waals surface area contributed by atoms with Gasteiger partial charge >= 0.3 is 0 Å². The topological polar surface area (TPSA) is 51.2 Å². The van der Waals surface area contributed by atoms with Crippen LogP contribution < -0.4 is 10.1 Å². The number of nitrogens with zero attached hydrogens (tertiary/aromatic N) is 1. The van der Waals surface area contributed by atoms with E-state index in [2.05, 4.69) is 10.3 Å². The molecular weight excluding hydrogens is 320 g/mol. The molecule has 122 valence electrons. The van der Waals surface area contributed by atoms with Gasteiger partial charge in [0.05, 0.1) is 12.8 Å². The summed E-state index contributed by atoms with van der Waals surface area (Å²) in [6.45, 7) is 0.569. The van der Waals surface area contributed by atoms with Gasteiger partial charge < -0.3 is 10.1 Å². The molecular formula is C19H18N2O2S. The third-order valence-electron chi connectivity index (χ3n) is 3.59. The summed E-state index contributed by atoms with van der Waals surface area (Å²) in [5, 5.41) is 5.93. The highest BCUT2D eigenvalue weighted by Crippen LogP contribution is 2.25. The summed E-state index contributed by atoms with van der Waals surface area (Å²) >= 11 is 1.61. The Morgan fingerprint density at radius 1 is 1.12 bits per heavy atom. The molecule has 1 N–H and O–H groups in total. The summed E-state index contributed by atoms with van der Waals surface area (Å²) in [6.07, 6.45) is 0.714. The molecule has 5 heteroatoms. The number of ether oxygens (including phenoxy) is 1. The van der Waals surface area contributed by atoms with Gasteiger partial charge in [-0.25, -0.2) is 4.98 Å². The second kappa shape index (κ2) is 7.75. The lowest BCUT2D eigenvalue weighted by Crippen LogP contribution is -2.25. The van der Waals surface area contributed by atoms with E-state index in [1.807, 2.05) is 47.8 Å². The zero-order valence-electron chi connectivity index (χ0n) is 13.4. The molecule has 0 radical (unpaired) electrons. The summed E-state index contributed by atoms with van der Waals surface area (Å²) in [6, 6.07) is 17.1. The molecule has 0 unspecified atom stereocenters. The first-order valence-corrected chi connectivity index (χ1v) is 8.56. The maximum Gasteiger partial charge on any atom is 0.251 e. The van der Waals surface area contributed by atoms with Gasteiger partial charge in [0.25, 0.3) is 5.91 Å². The van der Waals surface area contributed by atoms with Gasteiger partial charge in [-0.05, 0) is 36.4 Å². The lowest BCUT2D eigenvalue weighted by Gasteiger charge is -2.03. The van der Waals surface area contributed by atoms with E-state index in [9.17, 15) is 4.79 Å². The molecule has 1 aromatic heterocycles. The standard InChI is InChI=1S/C19H18N2O2S/c1-23-17-9-7-15(8-10-17)19-21-16(13-24-19)11-12-20-18(22)14-5-3-2-4-6-14/h2-10,13H,11-12H2,1H3,(H,20,22). The highest BCUT2D eigenvalue weighted by molar-refractivity contribution is 7.13. The molecule has 1 amide bonds. The average molecular weight is 338 g/mol. The summed E-state index contributed by atoms with van der Waals surface area (Å²) < 4.78 is 5.17. The van der Waals surface area contributed by atoms with Crippen LogP contribution in [0.1, 0.15) is 16.1 Å².